The summed E-state index contributed by atoms with van der Waals surface area (Å²) in [7, 11) is 0. The fourth-order valence-electron chi connectivity index (χ4n) is 1.66. The monoisotopic (exact) mass is 264 g/mol. The van der Waals surface area contributed by atoms with Gasteiger partial charge in [-0.25, -0.2) is 9.97 Å². The number of nitrogens with one attached hydrogen (secondary N) is 1. The van der Waals surface area contributed by atoms with Gasteiger partial charge in [0.1, 0.15) is 5.01 Å². The predicted octanol–water partition coefficient (Wildman–Crippen LogP) is 2.07. The molecule has 6 heteroatoms. The van der Waals surface area contributed by atoms with Crippen LogP contribution in [0.25, 0.3) is 0 Å². The third kappa shape index (κ3) is 2.43. The Labute approximate surface area is 110 Å². The summed E-state index contributed by atoms with van der Waals surface area (Å²) in [5.41, 5.74) is -0.516. The summed E-state index contributed by atoms with van der Waals surface area (Å²) in [4.78, 5) is 20.5. The molecule has 0 amide bonds. The number of aromatic nitrogens is 3. The SMILES string of the molecule is CCn1ccnc(NC(C)(C)c2nccs2)c1=O. The maximum atomic E-state index is 12.1. The van der Waals surface area contributed by atoms with Crippen molar-refractivity contribution in [2.45, 2.75) is 32.9 Å². The molecule has 0 saturated carbocycles. The molecule has 2 aromatic rings. The van der Waals surface area contributed by atoms with Crippen LogP contribution in [0.3, 0.4) is 0 Å². The van der Waals surface area contributed by atoms with Crippen molar-refractivity contribution >= 4 is 17.2 Å². The Balaban J connectivity index is 2.32. The van der Waals surface area contributed by atoms with Crippen LogP contribution in [0.4, 0.5) is 5.82 Å². The second kappa shape index (κ2) is 4.89. The Morgan fingerprint density at radius 3 is 2.78 bits per heavy atom. The minimum atomic E-state index is -0.409. The molecular formula is C12H16N4OS. The van der Waals surface area contributed by atoms with Crippen LogP contribution in [0.2, 0.25) is 0 Å². The zero-order valence-corrected chi connectivity index (χ0v) is 11.5. The number of rotatable bonds is 4. The number of hydrogen-bond donors (Lipinski definition) is 1. The molecule has 0 aliphatic heterocycles. The molecule has 0 unspecified atom stereocenters. The van der Waals surface area contributed by atoms with E-state index < -0.39 is 5.54 Å². The van der Waals surface area contributed by atoms with Crippen LogP contribution in [-0.2, 0) is 12.1 Å². The molecule has 0 aromatic carbocycles. The fraction of sp³-hybridized carbons (Fsp3) is 0.417. The van der Waals surface area contributed by atoms with Gasteiger partial charge in [0.05, 0.1) is 5.54 Å². The number of anilines is 1. The lowest BCUT2D eigenvalue weighted by Gasteiger charge is -2.24. The standard InChI is InChI=1S/C12H16N4OS/c1-4-16-7-5-13-9(10(16)17)15-12(2,3)11-14-6-8-18-11/h5-8H,4H2,1-3H3,(H,13,15). The molecule has 1 N–H and O–H groups in total. The maximum Gasteiger partial charge on any atom is 0.293 e. The summed E-state index contributed by atoms with van der Waals surface area (Å²) in [5.74, 6) is 0.361. The molecular weight excluding hydrogens is 248 g/mol. The van der Waals surface area contributed by atoms with Gasteiger partial charge in [0, 0.05) is 30.5 Å². The number of aryl methyl sites for hydroxylation is 1. The van der Waals surface area contributed by atoms with Gasteiger partial charge in [-0.15, -0.1) is 11.3 Å². The van der Waals surface area contributed by atoms with Gasteiger partial charge < -0.3 is 9.88 Å². The smallest absolute Gasteiger partial charge is 0.293 e. The van der Waals surface area contributed by atoms with E-state index in [0.29, 0.717) is 12.4 Å². The van der Waals surface area contributed by atoms with Crippen molar-refractivity contribution in [3.63, 3.8) is 0 Å². The van der Waals surface area contributed by atoms with Crippen LogP contribution in [0.15, 0.2) is 28.8 Å². The number of hydrogen-bond acceptors (Lipinski definition) is 5. The maximum absolute atomic E-state index is 12.1. The highest BCUT2D eigenvalue weighted by Gasteiger charge is 2.24. The lowest BCUT2D eigenvalue weighted by Crippen LogP contribution is -2.33. The molecule has 2 aromatic heterocycles. The molecule has 96 valence electrons. The van der Waals surface area contributed by atoms with Crippen LogP contribution in [-0.4, -0.2) is 14.5 Å². The molecule has 0 aliphatic carbocycles. The molecule has 0 radical (unpaired) electrons. The van der Waals surface area contributed by atoms with E-state index in [9.17, 15) is 4.79 Å². The van der Waals surface area contributed by atoms with Crippen molar-refractivity contribution in [3.8, 4) is 0 Å². The first-order valence-electron chi connectivity index (χ1n) is 5.78. The third-order valence-electron chi connectivity index (χ3n) is 2.65. The van der Waals surface area contributed by atoms with Gasteiger partial charge in [-0.05, 0) is 20.8 Å². The number of thiazole rings is 1. The average molecular weight is 264 g/mol. The van der Waals surface area contributed by atoms with Crippen molar-refractivity contribution in [2.75, 3.05) is 5.32 Å². The minimum absolute atomic E-state index is 0.107. The van der Waals surface area contributed by atoms with Crippen LogP contribution < -0.4 is 10.9 Å². The van der Waals surface area contributed by atoms with Crippen molar-refractivity contribution in [3.05, 3.63) is 39.3 Å². The van der Waals surface area contributed by atoms with E-state index in [1.165, 1.54) is 0 Å². The zero-order chi connectivity index (χ0) is 13.2. The second-order valence-corrected chi connectivity index (χ2v) is 5.35. The van der Waals surface area contributed by atoms with E-state index in [-0.39, 0.29) is 5.56 Å². The molecule has 0 spiro atoms. The summed E-state index contributed by atoms with van der Waals surface area (Å²) >= 11 is 1.55. The highest BCUT2D eigenvalue weighted by molar-refractivity contribution is 7.09. The summed E-state index contributed by atoms with van der Waals surface area (Å²) < 4.78 is 1.62. The van der Waals surface area contributed by atoms with Gasteiger partial charge in [0.2, 0.25) is 0 Å². The predicted molar refractivity (Wildman–Crippen MR) is 72.9 cm³/mol. The van der Waals surface area contributed by atoms with E-state index >= 15 is 0 Å². The van der Waals surface area contributed by atoms with Gasteiger partial charge in [-0.2, -0.15) is 0 Å². The molecule has 5 nitrogen and oxygen atoms in total. The normalized spacial score (nSPS) is 11.5. The zero-order valence-electron chi connectivity index (χ0n) is 10.7. The minimum Gasteiger partial charge on any atom is -0.354 e. The van der Waals surface area contributed by atoms with E-state index in [1.807, 2.05) is 26.2 Å². The lowest BCUT2D eigenvalue weighted by atomic mass is 10.1. The average Bonchev–Trinajstić information content (AvgIpc) is 2.86. The highest BCUT2D eigenvalue weighted by Crippen LogP contribution is 2.24. The van der Waals surface area contributed by atoms with Gasteiger partial charge in [0.25, 0.3) is 5.56 Å². The summed E-state index contributed by atoms with van der Waals surface area (Å²) in [6, 6.07) is 0. The molecule has 0 fully saturated rings. The van der Waals surface area contributed by atoms with Gasteiger partial charge in [0.15, 0.2) is 5.82 Å². The first-order chi connectivity index (χ1) is 8.54. The molecule has 0 aliphatic rings. The van der Waals surface area contributed by atoms with E-state index in [1.54, 1.807) is 34.5 Å². The summed E-state index contributed by atoms with van der Waals surface area (Å²) in [5, 5.41) is 6.01. The topological polar surface area (TPSA) is 59.8 Å². The van der Waals surface area contributed by atoms with Crippen molar-refractivity contribution < 1.29 is 0 Å². The molecule has 2 heterocycles. The van der Waals surface area contributed by atoms with Crippen molar-refractivity contribution in [2.24, 2.45) is 0 Å². The fourth-order valence-corrected chi connectivity index (χ4v) is 2.38. The van der Waals surface area contributed by atoms with E-state index in [2.05, 4.69) is 15.3 Å². The third-order valence-corrected chi connectivity index (χ3v) is 3.75. The second-order valence-electron chi connectivity index (χ2n) is 4.45. The van der Waals surface area contributed by atoms with Crippen LogP contribution in [0.5, 0.6) is 0 Å². The first kappa shape index (κ1) is 12.8. The Morgan fingerprint density at radius 1 is 1.39 bits per heavy atom. The quantitative estimate of drug-likeness (QED) is 0.918. The Morgan fingerprint density at radius 2 is 2.17 bits per heavy atom. The molecule has 0 bridgehead atoms. The Hall–Kier alpha value is -1.69. The summed E-state index contributed by atoms with van der Waals surface area (Å²) in [6.45, 7) is 6.53. The van der Waals surface area contributed by atoms with Crippen LogP contribution >= 0.6 is 11.3 Å². The van der Waals surface area contributed by atoms with Gasteiger partial charge >= 0.3 is 0 Å². The van der Waals surface area contributed by atoms with E-state index in [4.69, 9.17) is 0 Å². The van der Waals surface area contributed by atoms with Crippen LogP contribution in [0, 0.1) is 0 Å². The molecule has 0 saturated heterocycles. The van der Waals surface area contributed by atoms with Gasteiger partial charge in [-0.3, -0.25) is 4.79 Å². The van der Waals surface area contributed by atoms with E-state index in [0.717, 1.165) is 5.01 Å². The first-order valence-corrected chi connectivity index (χ1v) is 6.66. The summed E-state index contributed by atoms with van der Waals surface area (Å²) in [6.07, 6.45) is 5.07. The molecule has 18 heavy (non-hydrogen) atoms. The largest absolute Gasteiger partial charge is 0.354 e. The lowest BCUT2D eigenvalue weighted by molar-refractivity contribution is 0.594. The molecule has 0 atom stereocenters. The Kier molecular flexibility index (Phi) is 3.47. The van der Waals surface area contributed by atoms with Crippen LogP contribution in [0.1, 0.15) is 25.8 Å². The number of nitrogens with zero attached hydrogens (tertiary/aromatic N) is 3. The molecule has 2 rings (SSSR count). The highest BCUT2D eigenvalue weighted by atomic mass is 32.1. The van der Waals surface area contributed by atoms with Crippen molar-refractivity contribution in [1.82, 2.24) is 14.5 Å². The Bertz CT molecular complexity index is 574. The van der Waals surface area contributed by atoms with Gasteiger partial charge in [-0.1, -0.05) is 0 Å². The van der Waals surface area contributed by atoms with Crippen molar-refractivity contribution in [1.29, 1.82) is 0 Å².